The number of aromatic carboxylic acids is 1. The predicted molar refractivity (Wildman–Crippen MR) is 68.7 cm³/mol. The molecule has 0 fully saturated rings. The summed E-state index contributed by atoms with van der Waals surface area (Å²) < 4.78 is 23.2. The van der Waals surface area contributed by atoms with Crippen LogP contribution in [0.4, 0.5) is 10.3 Å². The number of carboxylic acid groups (broad SMARTS) is 1. The van der Waals surface area contributed by atoms with E-state index in [-0.39, 0.29) is 18.2 Å². The number of nitrogens with zero attached hydrogens (tertiary/aromatic N) is 1. The van der Waals surface area contributed by atoms with E-state index in [2.05, 4.69) is 10.5 Å². The Bertz CT molecular complexity index is 683. The lowest BCUT2D eigenvalue weighted by Gasteiger charge is -2.06. The van der Waals surface area contributed by atoms with E-state index in [1.165, 1.54) is 12.1 Å². The molecule has 1 aromatic carbocycles. The van der Waals surface area contributed by atoms with Crippen molar-refractivity contribution in [2.24, 2.45) is 0 Å². The van der Waals surface area contributed by atoms with Crippen LogP contribution in [0.1, 0.15) is 16.1 Å². The molecule has 2 N–H and O–H groups in total. The van der Waals surface area contributed by atoms with E-state index < -0.39 is 23.3 Å². The molecular formula is C13H11FN2O5. The molecule has 0 saturated carbocycles. The van der Waals surface area contributed by atoms with E-state index in [0.29, 0.717) is 5.69 Å². The molecule has 1 amide bonds. The summed E-state index contributed by atoms with van der Waals surface area (Å²) in [6.45, 7) is 1.31. The summed E-state index contributed by atoms with van der Waals surface area (Å²) in [6.07, 6.45) is 0. The summed E-state index contributed by atoms with van der Waals surface area (Å²) in [5.41, 5.74) is 0.140. The Morgan fingerprint density at radius 2 is 2.19 bits per heavy atom. The first-order chi connectivity index (χ1) is 9.95. The third-order valence-electron chi connectivity index (χ3n) is 2.43. The highest BCUT2D eigenvalue weighted by Gasteiger charge is 2.12. The third kappa shape index (κ3) is 3.78. The maximum atomic E-state index is 13.4. The lowest BCUT2D eigenvalue weighted by Crippen LogP contribution is -2.20. The number of amides is 1. The fourth-order valence-corrected chi connectivity index (χ4v) is 1.50. The molecular weight excluding hydrogens is 283 g/mol. The SMILES string of the molecule is Cc1cc(NC(=O)COc2ccc(C(=O)O)c(F)c2)on1. The quantitative estimate of drug-likeness (QED) is 0.872. The van der Waals surface area contributed by atoms with Crippen LogP contribution in [-0.2, 0) is 4.79 Å². The molecule has 0 saturated heterocycles. The van der Waals surface area contributed by atoms with Gasteiger partial charge in [0.1, 0.15) is 11.6 Å². The van der Waals surface area contributed by atoms with Gasteiger partial charge < -0.3 is 14.4 Å². The van der Waals surface area contributed by atoms with Crippen molar-refractivity contribution in [3.05, 3.63) is 41.3 Å². The summed E-state index contributed by atoms with van der Waals surface area (Å²) in [7, 11) is 0. The second-order valence-corrected chi connectivity index (χ2v) is 4.12. The van der Waals surface area contributed by atoms with Gasteiger partial charge in [-0.25, -0.2) is 9.18 Å². The molecule has 0 aliphatic heterocycles. The van der Waals surface area contributed by atoms with Gasteiger partial charge in [0.2, 0.25) is 5.88 Å². The van der Waals surface area contributed by atoms with Gasteiger partial charge in [-0.1, -0.05) is 5.16 Å². The Hall–Kier alpha value is -2.90. The summed E-state index contributed by atoms with van der Waals surface area (Å²) >= 11 is 0. The molecule has 7 nitrogen and oxygen atoms in total. The van der Waals surface area contributed by atoms with Gasteiger partial charge in [-0.05, 0) is 19.1 Å². The van der Waals surface area contributed by atoms with Gasteiger partial charge in [-0.2, -0.15) is 0 Å². The molecule has 0 aliphatic carbocycles. The highest BCUT2D eigenvalue weighted by atomic mass is 19.1. The van der Waals surface area contributed by atoms with E-state index in [1.807, 2.05) is 0 Å². The van der Waals surface area contributed by atoms with Gasteiger partial charge in [-0.3, -0.25) is 10.1 Å². The Morgan fingerprint density at radius 1 is 1.43 bits per heavy atom. The van der Waals surface area contributed by atoms with E-state index in [9.17, 15) is 14.0 Å². The number of anilines is 1. The van der Waals surface area contributed by atoms with Crippen LogP contribution in [0.2, 0.25) is 0 Å². The minimum atomic E-state index is -1.38. The number of ether oxygens (including phenoxy) is 1. The number of carboxylic acids is 1. The van der Waals surface area contributed by atoms with Crippen LogP contribution in [0.5, 0.6) is 5.75 Å². The van der Waals surface area contributed by atoms with Crippen LogP contribution >= 0.6 is 0 Å². The van der Waals surface area contributed by atoms with Crippen molar-refractivity contribution in [1.29, 1.82) is 0 Å². The Morgan fingerprint density at radius 3 is 2.76 bits per heavy atom. The topological polar surface area (TPSA) is 102 Å². The van der Waals surface area contributed by atoms with Crippen LogP contribution in [0.15, 0.2) is 28.8 Å². The first-order valence-electron chi connectivity index (χ1n) is 5.84. The molecule has 0 bridgehead atoms. The summed E-state index contributed by atoms with van der Waals surface area (Å²) in [5.74, 6) is -2.62. The largest absolute Gasteiger partial charge is 0.484 e. The van der Waals surface area contributed by atoms with Crippen molar-refractivity contribution < 1.29 is 28.3 Å². The number of aryl methyl sites for hydroxylation is 1. The molecule has 0 atom stereocenters. The number of hydrogen-bond acceptors (Lipinski definition) is 5. The first-order valence-corrected chi connectivity index (χ1v) is 5.84. The van der Waals surface area contributed by atoms with Crippen LogP contribution in [-0.4, -0.2) is 28.7 Å². The molecule has 0 radical (unpaired) electrons. The van der Waals surface area contributed by atoms with Crippen LogP contribution in [0.25, 0.3) is 0 Å². The van der Waals surface area contributed by atoms with Gasteiger partial charge in [0.25, 0.3) is 5.91 Å². The number of halogens is 1. The van der Waals surface area contributed by atoms with Crippen molar-refractivity contribution in [2.45, 2.75) is 6.92 Å². The normalized spacial score (nSPS) is 10.2. The number of carbonyl (C=O) groups excluding carboxylic acids is 1. The number of benzene rings is 1. The van der Waals surface area contributed by atoms with Gasteiger partial charge in [-0.15, -0.1) is 0 Å². The highest BCUT2D eigenvalue weighted by molar-refractivity contribution is 5.90. The van der Waals surface area contributed by atoms with Crippen LogP contribution < -0.4 is 10.1 Å². The van der Waals surface area contributed by atoms with Gasteiger partial charge in [0.05, 0.1) is 11.3 Å². The zero-order valence-electron chi connectivity index (χ0n) is 10.9. The van der Waals surface area contributed by atoms with Crippen LogP contribution in [0, 0.1) is 12.7 Å². The van der Waals surface area contributed by atoms with Gasteiger partial charge in [0, 0.05) is 12.1 Å². The zero-order valence-corrected chi connectivity index (χ0v) is 10.9. The molecule has 2 aromatic rings. The molecule has 8 heteroatoms. The molecule has 0 unspecified atom stereocenters. The molecule has 21 heavy (non-hydrogen) atoms. The predicted octanol–water partition coefficient (Wildman–Crippen LogP) is 1.84. The number of aromatic nitrogens is 1. The number of nitrogens with one attached hydrogen (secondary N) is 1. The minimum Gasteiger partial charge on any atom is -0.484 e. The van der Waals surface area contributed by atoms with Crippen molar-refractivity contribution in [3.8, 4) is 5.75 Å². The summed E-state index contributed by atoms with van der Waals surface area (Å²) in [5, 5.41) is 14.7. The fourth-order valence-electron chi connectivity index (χ4n) is 1.50. The summed E-state index contributed by atoms with van der Waals surface area (Å²) in [4.78, 5) is 22.2. The average Bonchev–Trinajstić information content (AvgIpc) is 2.81. The Kier molecular flexibility index (Phi) is 4.17. The monoisotopic (exact) mass is 294 g/mol. The molecule has 0 aliphatic rings. The van der Waals surface area contributed by atoms with E-state index in [1.54, 1.807) is 6.92 Å². The second-order valence-electron chi connectivity index (χ2n) is 4.12. The smallest absolute Gasteiger partial charge is 0.338 e. The van der Waals surface area contributed by atoms with Crippen molar-refractivity contribution in [3.63, 3.8) is 0 Å². The summed E-state index contributed by atoms with van der Waals surface area (Å²) in [6, 6.07) is 4.75. The molecule has 1 aromatic heterocycles. The average molecular weight is 294 g/mol. The standard InChI is InChI=1S/C13H11FN2O5/c1-7-4-12(21-16-7)15-11(17)6-20-8-2-3-9(13(18)19)10(14)5-8/h2-5H,6H2,1H3,(H,15,17)(H,18,19). The lowest BCUT2D eigenvalue weighted by atomic mass is 10.2. The molecule has 2 rings (SSSR count). The van der Waals surface area contributed by atoms with Crippen molar-refractivity contribution >= 4 is 17.8 Å². The van der Waals surface area contributed by atoms with E-state index >= 15 is 0 Å². The maximum Gasteiger partial charge on any atom is 0.338 e. The fraction of sp³-hybridized carbons (Fsp3) is 0.154. The minimum absolute atomic E-state index is 0.0430. The highest BCUT2D eigenvalue weighted by Crippen LogP contribution is 2.17. The van der Waals surface area contributed by atoms with Gasteiger partial charge >= 0.3 is 5.97 Å². The van der Waals surface area contributed by atoms with Crippen molar-refractivity contribution in [2.75, 3.05) is 11.9 Å². The van der Waals surface area contributed by atoms with Crippen LogP contribution in [0.3, 0.4) is 0 Å². The molecule has 0 spiro atoms. The Labute approximate surface area is 118 Å². The third-order valence-corrected chi connectivity index (χ3v) is 2.43. The molecule has 110 valence electrons. The number of carbonyl (C=O) groups is 2. The molecule has 1 heterocycles. The number of hydrogen-bond donors (Lipinski definition) is 2. The maximum absolute atomic E-state index is 13.4. The van der Waals surface area contributed by atoms with E-state index in [0.717, 1.165) is 12.1 Å². The first kappa shape index (κ1) is 14.5. The van der Waals surface area contributed by atoms with Gasteiger partial charge in [0.15, 0.2) is 6.61 Å². The number of rotatable bonds is 5. The van der Waals surface area contributed by atoms with Crippen molar-refractivity contribution in [1.82, 2.24) is 5.16 Å². The van der Waals surface area contributed by atoms with E-state index in [4.69, 9.17) is 14.4 Å². The Balaban J connectivity index is 1.92. The lowest BCUT2D eigenvalue weighted by molar-refractivity contribution is -0.118. The zero-order chi connectivity index (χ0) is 15.4. The second kappa shape index (κ2) is 6.04.